The molecule has 0 N–H and O–H groups in total. The van der Waals surface area contributed by atoms with Crippen molar-refractivity contribution in [3.05, 3.63) is 59.4 Å². The van der Waals surface area contributed by atoms with Crippen molar-refractivity contribution >= 4 is 5.91 Å². The van der Waals surface area contributed by atoms with Crippen LogP contribution in [0.15, 0.2) is 53.9 Å². The number of carbonyl (C=O) groups excluding carboxylic acids is 1. The number of carbonyl (C=O) groups is 1. The summed E-state index contributed by atoms with van der Waals surface area (Å²) in [6.45, 7) is 4.64. The topological polar surface area (TPSA) is 38.8 Å². The Kier molecular flexibility index (Phi) is 8.15. The fourth-order valence-corrected chi connectivity index (χ4v) is 4.78. The highest BCUT2D eigenvalue weighted by Gasteiger charge is 2.31. The number of rotatable bonds is 10. The highest BCUT2D eigenvalue weighted by atomic mass is 19.1. The van der Waals surface area contributed by atoms with Crippen LogP contribution in [0.5, 0.6) is 0 Å². The van der Waals surface area contributed by atoms with E-state index in [1.165, 1.54) is 12.8 Å². The predicted molar refractivity (Wildman–Crippen MR) is 124 cm³/mol. The Morgan fingerprint density at radius 1 is 1.25 bits per heavy atom. The molecule has 1 heterocycles. The first kappa shape index (κ1) is 23.2. The van der Waals surface area contributed by atoms with E-state index < -0.39 is 0 Å². The third-order valence-electron chi connectivity index (χ3n) is 6.83. The Hall–Kier alpha value is -1.98. The molecule has 1 saturated heterocycles. The van der Waals surface area contributed by atoms with Crippen molar-refractivity contribution in [2.45, 2.75) is 70.7 Å². The van der Waals surface area contributed by atoms with Crippen LogP contribution in [0.25, 0.3) is 0 Å². The van der Waals surface area contributed by atoms with E-state index in [2.05, 4.69) is 19.1 Å². The Bertz CT molecular complexity index is 817. The number of halogens is 1. The summed E-state index contributed by atoms with van der Waals surface area (Å²) < 4.78 is 25.9. The van der Waals surface area contributed by atoms with E-state index in [-0.39, 0.29) is 29.9 Å². The second-order valence-corrected chi connectivity index (χ2v) is 9.57. The van der Waals surface area contributed by atoms with Gasteiger partial charge in [-0.05, 0) is 48.3 Å². The number of ether oxygens (including phenoxy) is 2. The summed E-state index contributed by atoms with van der Waals surface area (Å²) in [6.07, 6.45) is 9.73. The number of allylic oxidation sites excluding steroid dienone is 3. The van der Waals surface area contributed by atoms with Crippen molar-refractivity contribution < 1.29 is 18.7 Å². The van der Waals surface area contributed by atoms with E-state index in [1.807, 2.05) is 29.2 Å². The number of nitrogens with zero attached hydrogens (tertiary/aromatic N) is 1. The smallest absolute Gasteiger partial charge is 0.222 e. The molecule has 1 aromatic rings. The van der Waals surface area contributed by atoms with Gasteiger partial charge in [-0.15, -0.1) is 0 Å². The maximum absolute atomic E-state index is 13.7. The van der Waals surface area contributed by atoms with E-state index in [0.717, 1.165) is 42.9 Å². The molecular weight excluding hydrogens is 405 g/mol. The van der Waals surface area contributed by atoms with Crippen LogP contribution < -0.4 is 0 Å². The molecule has 0 aromatic heterocycles. The molecule has 32 heavy (non-hydrogen) atoms. The summed E-state index contributed by atoms with van der Waals surface area (Å²) in [7, 11) is 0. The SMILES string of the molecule is CC1CC(F)=CC=C1[C@H](CCCC(=O)N1CCOC(CC2CC2)C1)OCc1ccccc1. The molecule has 174 valence electrons. The van der Waals surface area contributed by atoms with Gasteiger partial charge in [0.15, 0.2) is 0 Å². The Balaban J connectivity index is 1.30. The van der Waals surface area contributed by atoms with Crippen molar-refractivity contribution in [2.75, 3.05) is 19.7 Å². The first-order valence-electron chi connectivity index (χ1n) is 12.2. The Labute approximate surface area is 191 Å². The zero-order valence-electron chi connectivity index (χ0n) is 19.2. The average Bonchev–Trinajstić information content (AvgIpc) is 3.61. The summed E-state index contributed by atoms with van der Waals surface area (Å²) >= 11 is 0. The lowest BCUT2D eigenvalue weighted by molar-refractivity contribution is -0.139. The van der Waals surface area contributed by atoms with Crippen LogP contribution in [-0.4, -0.2) is 42.7 Å². The van der Waals surface area contributed by atoms with Crippen molar-refractivity contribution in [1.82, 2.24) is 4.90 Å². The molecule has 2 unspecified atom stereocenters. The second-order valence-electron chi connectivity index (χ2n) is 9.57. The van der Waals surface area contributed by atoms with Gasteiger partial charge in [0.05, 0.1) is 25.4 Å². The first-order chi connectivity index (χ1) is 15.6. The molecule has 4 rings (SSSR count). The van der Waals surface area contributed by atoms with Gasteiger partial charge in [-0.25, -0.2) is 4.39 Å². The molecule has 1 amide bonds. The quantitative estimate of drug-likeness (QED) is 0.475. The third-order valence-corrected chi connectivity index (χ3v) is 6.83. The molecule has 1 aliphatic heterocycles. The molecular formula is C27H36FNO3. The van der Waals surface area contributed by atoms with Crippen molar-refractivity contribution in [3.63, 3.8) is 0 Å². The van der Waals surface area contributed by atoms with Gasteiger partial charge >= 0.3 is 0 Å². The second kappa shape index (κ2) is 11.2. The van der Waals surface area contributed by atoms with Crippen LogP contribution in [-0.2, 0) is 20.9 Å². The maximum atomic E-state index is 13.7. The standard InChI is InChI=1S/C27H36FNO3/c1-20-16-23(28)12-13-25(20)26(32-19-22-6-3-2-4-7-22)8-5-9-27(30)29-14-15-31-24(18-29)17-21-10-11-21/h2-4,6-7,12-13,20-21,24,26H,5,8-11,14-19H2,1H3/t20?,24?,26-/m0/s1. The van der Waals surface area contributed by atoms with Crippen LogP contribution in [0, 0.1) is 11.8 Å². The van der Waals surface area contributed by atoms with Gasteiger partial charge in [-0.2, -0.15) is 0 Å². The van der Waals surface area contributed by atoms with E-state index in [4.69, 9.17) is 9.47 Å². The molecule has 0 spiro atoms. The van der Waals surface area contributed by atoms with Gasteiger partial charge in [-0.1, -0.05) is 56.2 Å². The van der Waals surface area contributed by atoms with Gasteiger partial charge in [0.2, 0.25) is 5.91 Å². The van der Waals surface area contributed by atoms with Gasteiger partial charge < -0.3 is 14.4 Å². The van der Waals surface area contributed by atoms with Crippen LogP contribution in [0.2, 0.25) is 0 Å². The van der Waals surface area contributed by atoms with Crippen molar-refractivity contribution in [3.8, 4) is 0 Å². The number of benzene rings is 1. The largest absolute Gasteiger partial charge is 0.375 e. The summed E-state index contributed by atoms with van der Waals surface area (Å²) in [5.74, 6) is 1.06. The van der Waals surface area contributed by atoms with E-state index in [9.17, 15) is 9.18 Å². The van der Waals surface area contributed by atoms with Gasteiger partial charge in [0.25, 0.3) is 0 Å². The average molecular weight is 442 g/mol. The van der Waals surface area contributed by atoms with Crippen LogP contribution in [0.1, 0.15) is 57.4 Å². The third kappa shape index (κ3) is 6.76. The molecule has 3 aliphatic rings. The van der Waals surface area contributed by atoms with Crippen LogP contribution in [0.3, 0.4) is 0 Å². The fraction of sp³-hybridized carbons (Fsp3) is 0.593. The van der Waals surface area contributed by atoms with Crippen LogP contribution >= 0.6 is 0 Å². The number of amides is 1. The zero-order valence-corrected chi connectivity index (χ0v) is 19.2. The lowest BCUT2D eigenvalue weighted by atomic mass is 9.87. The number of hydrogen-bond donors (Lipinski definition) is 0. The predicted octanol–water partition coefficient (Wildman–Crippen LogP) is 5.59. The molecule has 3 atom stereocenters. The minimum absolute atomic E-state index is 0.0775. The molecule has 0 radical (unpaired) electrons. The first-order valence-corrected chi connectivity index (χ1v) is 12.2. The lowest BCUT2D eigenvalue weighted by Crippen LogP contribution is -2.45. The molecule has 5 heteroatoms. The van der Waals surface area contributed by atoms with Crippen molar-refractivity contribution in [1.29, 1.82) is 0 Å². The molecule has 1 saturated carbocycles. The summed E-state index contributed by atoms with van der Waals surface area (Å²) in [5.41, 5.74) is 2.25. The summed E-state index contributed by atoms with van der Waals surface area (Å²) in [4.78, 5) is 14.8. The Morgan fingerprint density at radius 2 is 2.06 bits per heavy atom. The monoisotopic (exact) mass is 441 g/mol. The number of hydrogen-bond acceptors (Lipinski definition) is 3. The van der Waals surface area contributed by atoms with Gasteiger partial charge in [0.1, 0.15) is 5.83 Å². The maximum Gasteiger partial charge on any atom is 0.222 e. The molecule has 0 bridgehead atoms. The lowest BCUT2D eigenvalue weighted by Gasteiger charge is -2.33. The van der Waals surface area contributed by atoms with Crippen molar-refractivity contribution in [2.24, 2.45) is 11.8 Å². The van der Waals surface area contributed by atoms with E-state index >= 15 is 0 Å². The molecule has 4 nitrogen and oxygen atoms in total. The zero-order chi connectivity index (χ0) is 22.3. The van der Waals surface area contributed by atoms with Gasteiger partial charge in [-0.3, -0.25) is 4.79 Å². The normalized spacial score (nSPS) is 24.6. The minimum Gasteiger partial charge on any atom is -0.375 e. The van der Waals surface area contributed by atoms with Gasteiger partial charge in [0, 0.05) is 25.9 Å². The fourth-order valence-electron chi connectivity index (χ4n) is 4.78. The van der Waals surface area contributed by atoms with E-state index in [1.54, 1.807) is 6.08 Å². The molecule has 1 aromatic carbocycles. The van der Waals surface area contributed by atoms with Crippen LogP contribution in [0.4, 0.5) is 4.39 Å². The minimum atomic E-state index is -0.102. The molecule has 2 fully saturated rings. The van der Waals surface area contributed by atoms with E-state index in [0.29, 0.717) is 32.6 Å². The highest BCUT2D eigenvalue weighted by molar-refractivity contribution is 5.76. The highest BCUT2D eigenvalue weighted by Crippen LogP contribution is 2.35. The Morgan fingerprint density at radius 3 is 2.81 bits per heavy atom. The molecule has 2 aliphatic carbocycles. The summed E-state index contributed by atoms with van der Waals surface area (Å²) in [6, 6.07) is 10.1. The summed E-state index contributed by atoms with van der Waals surface area (Å²) in [5, 5.41) is 0. The number of morpholine rings is 1.